The Labute approximate surface area is 122 Å². The predicted octanol–water partition coefficient (Wildman–Crippen LogP) is 0.879. The van der Waals surface area contributed by atoms with E-state index in [1.165, 1.54) is 17.2 Å². The van der Waals surface area contributed by atoms with E-state index in [0.29, 0.717) is 29.8 Å². The van der Waals surface area contributed by atoms with E-state index in [1.807, 2.05) is 6.07 Å². The van der Waals surface area contributed by atoms with Crippen LogP contribution < -0.4 is 11.1 Å². The van der Waals surface area contributed by atoms with Gasteiger partial charge in [0.1, 0.15) is 0 Å². The predicted molar refractivity (Wildman–Crippen MR) is 79.4 cm³/mol. The summed E-state index contributed by atoms with van der Waals surface area (Å²) in [6.07, 6.45) is 6.15. The lowest BCUT2D eigenvalue weighted by Crippen LogP contribution is -2.26. The molecule has 0 aliphatic carbocycles. The highest BCUT2D eigenvalue weighted by atomic mass is 16.1. The Morgan fingerprint density at radius 2 is 2.05 bits per heavy atom. The molecular weight excluding hydrogens is 268 g/mol. The lowest BCUT2D eigenvalue weighted by molar-refractivity contribution is 0.0954. The van der Waals surface area contributed by atoms with Gasteiger partial charge in [0.05, 0.1) is 23.6 Å². The topological polar surface area (TPSA) is 110 Å². The highest BCUT2D eigenvalue weighted by Gasteiger charge is 2.12. The molecule has 21 heavy (non-hydrogen) atoms. The van der Waals surface area contributed by atoms with Gasteiger partial charge >= 0.3 is 0 Å². The maximum atomic E-state index is 12.2. The monoisotopic (exact) mass is 284 g/mol. The number of carbonyl (C=O) groups excluding carboxylic acids is 1. The van der Waals surface area contributed by atoms with Crippen LogP contribution in [0, 0.1) is 5.41 Å². The van der Waals surface area contributed by atoms with Gasteiger partial charge in [0.15, 0.2) is 0 Å². The Morgan fingerprint density at radius 1 is 1.33 bits per heavy atom. The molecule has 2 aromatic rings. The second-order valence-corrected chi connectivity index (χ2v) is 4.23. The van der Waals surface area contributed by atoms with Crippen LogP contribution in [-0.2, 0) is 0 Å². The smallest absolute Gasteiger partial charge is 0.253 e. The number of amides is 1. The lowest BCUT2D eigenvalue weighted by Gasteiger charge is -2.09. The minimum atomic E-state index is -0.218. The molecule has 0 atom stereocenters. The second-order valence-electron chi connectivity index (χ2n) is 4.23. The van der Waals surface area contributed by atoms with Crippen LogP contribution >= 0.6 is 0 Å². The van der Waals surface area contributed by atoms with Crippen molar-refractivity contribution in [2.75, 3.05) is 6.54 Å². The van der Waals surface area contributed by atoms with E-state index in [2.05, 4.69) is 15.5 Å². The molecule has 7 heteroatoms. The molecule has 108 valence electrons. The van der Waals surface area contributed by atoms with Gasteiger partial charge in [-0.25, -0.2) is 0 Å². The number of hydrogen-bond donors (Lipinski definition) is 3. The number of benzene rings is 1. The maximum absolute atomic E-state index is 12.2. The number of carbonyl (C=O) groups is 1. The largest absolute Gasteiger partial charge is 0.404 e. The van der Waals surface area contributed by atoms with E-state index >= 15 is 0 Å². The Bertz CT molecular complexity index is 647. The summed E-state index contributed by atoms with van der Waals surface area (Å²) in [5.41, 5.74) is 7.12. The Hall–Kier alpha value is -2.96. The van der Waals surface area contributed by atoms with Crippen LogP contribution in [0.25, 0.3) is 5.69 Å². The quantitative estimate of drug-likeness (QED) is 0.684. The molecule has 1 aromatic carbocycles. The van der Waals surface area contributed by atoms with Crippen molar-refractivity contribution in [1.29, 1.82) is 5.41 Å². The van der Waals surface area contributed by atoms with E-state index in [-0.39, 0.29) is 5.91 Å². The first-order valence-electron chi connectivity index (χ1n) is 6.41. The van der Waals surface area contributed by atoms with E-state index in [0.717, 1.165) is 0 Å². The normalized spacial score (nSPS) is 11.1. The molecule has 0 bridgehead atoms. The van der Waals surface area contributed by atoms with Crippen molar-refractivity contribution in [3.8, 4) is 5.69 Å². The molecule has 0 aliphatic heterocycles. The van der Waals surface area contributed by atoms with Gasteiger partial charge in [0.2, 0.25) is 0 Å². The standard InChI is InChI=1S/C14H16N6O/c15-9-11(10-16)5-6-17-14(21)12-3-1-2-4-13(12)20-18-7-8-19-20/h1-4,7-10,15H,5-6,16H2,(H,17,21). The van der Waals surface area contributed by atoms with Crippen molar-refractivity contribution in [2.24, 2.45) is 5.73 Å². The zero-order valence-corrected chi connectivity index (χ0v) is 11.4. The van der Waals surface area contributed by atoms with Crippen molar-refractivity contribution >= 4 is 12.1 Å². The Balaban J connectivity index is 2.08. The molecule has 1 heterocycles. The van der Waals surface area contributed by atoms with Crippen LogP contribution in [0.5, 0.6) is 0 Å². The second kappa shape index (κ2) is 6.99. The summed E-state index contributed by atoms with van der Waals surface area (Å²) in [7, 11) is 0. The summed E-state index contributed by atoms with van der Waals surface area (Å²) < 4.78 is 0. The van der Waals surface area contributed by atoms with Gasteiger partial charge in [0.25, 0.3) is 5.91 Å². The summed E-state index contributed by atoms with van der Waals surface area (Å²) in [5.74, 6) is -0.218. The molecule has 7 nitrogen and oxygen atoms in total. The summed E-state index contributed by atoms with van der Waals surface area (Å²) in [5, 5.41) is 18.0. The van der Waals surface area contributed by atoms with E-state index < -0.39 is 0 Å². The number of aromatic nitrogens is 3. The molecule has 0 fully saturated rings. The molecule has 1 aromatic heterocycles. The van der Waals surface area contributed by atoms with Crippen LogP contribution in [0.15, 0.2) is 48.4 Å². The maximum Gasteiger partial charge on any atom is 0.253 e. The SMILES string of the molecule is N=CC(=CN)CCNC(=O)c1ccccc1-n1nccn1. The third-order valence-electron chi connectivity index (χ3n) is 2.88. The molecule has 4 N–H and O–H groups in total. The van der Waals surface area contributed by atoms with Crippen LogP contribution in [0.4, 0.5) is 0 Å². The Kier molecular flexibility index (Phi) is 4.81. The van der Waals surface area contributed by atoms with Crippen LogP contribution in [0.2, 0.25) is 0 Å². The van der Waals surface area contributed by atoms with Gasteiger partial charge in [-0.05, 0) is 30.3 Å². The average Bonchev–Trinajstić information content (AvgIpc) is 3.05. The van der Waals surface area contributed by atoms with Gasteiger partial charge in [-0.2, -0.15) is 15.0 Å². The number of nitrogens with one attached hydrogen (secondary N) is 2. The van der Waals surface area contributed by atoms with Crippen molar-refractivity contribution in [1.82, 2.24) is 20.3 Å². The fraction of sp³-hybridized carbons (Fsp3) is 0.143. The first-order valence-corrected chi connectivity index (χ1v) is 6.41. The van der Waals surface area contributed by atoms with Gasteiger partial charge < -0.3 is 16.5 Å². The van der Waals surface area contributed by atoms with Gasteiger partial charge in [0, 0.05) is 12.8 Å². The van der Waals surface area contributed by atoms with Gasteiger partial charge in [-0.15, -0.1) is 0 Å². The molecule has 0 saturated carbocycles. The van der Waals surface area contributed by atoms with Gasteiger partial charge in [-0.1, -0.05) is 12.1 Å². The van der Waals surface area contributed by atoms with Crippen molar-refractivity contribution < 1.29 is 4.79 Å². The number of nitrogens with zero attached hydrogens (tertiary/aromatic N) is 3. The lowest BCUT2D eigenvalue weighted by atomic mass is 10.1. The third-order valence-corrected chi connectivity index (χ3v) is 2.88. The molecule has 0 radical (unpaired) electrons. The number of rotatable bonds is 6. The molecular formula is C14H16N6O. The number of para-hydroxylation sites is 1. The van der Waals surface area contributed by atoms with Crippen LogP contribution in [0.3, 0.4) is 0 Å². The zero-order valence-electron chi connectivity index (χ0n) is 11.4. The average molecular weight is 284 g/mol. The highest BCUT2D eigenvalue weighted by molar-refractivity contribution is 5.97. The Morgan fingerprint density at radius 3 is 2.71 bits per heavy atom. The first-order chi connectivity index (χ1) is 10.3. The number of nitrogens with two attached hydrogens (primary N) is 1. The minimum absolute atomic E-state index is 0.218. The first kappa shape index (κ1) is 14.4. The van der Waals surface area contributed by atoms with E-state index in [4.69, 9.17) is 11.1 Å². The van der Waals surface area contributed by atoms with Crippen molar-refractivity contribution in [3.05, 3.63) is 54.0 Å². The molecule has 0 saturated heterocycles. The fourth-order valence-corrected chi connectivity index (χ4v) is 1.80. The highest BCUT2D eigenvalue weighted by Crippen LogP contribution is 2.12. The summed E-state index contributed by atoms with van der Waals surface area (Å²) >= 11 is 0. The minimum Gasteiger partial charge on any atom is -0.404 e. The molecule has 0 spiro atoms. The number of hydrogen-bond acceptors (Lipinski definition) is 5. The van der Waals surface area contributed by atoms with Crippen molar-refractivity contribution in [3.63, 3.8) is 0 Å². The summed E-state index contributed by atoms with van der Waals surface area (Å²) in [6, 6.07) is 7.09. The zero-order chi connectivity index (χ0) is 15.1. The van der Waals surface area contributed by atoms with E-state index in [1.54, 1.807) is 30.6 Å². The summed E-state index contributed by atoms with van der Waals surface area (Å²) in [6.45, 7) is 0.401. The van der Waals surface area contributed by atoms with Crippen LogP contribution in [-0.4, -0.2) is 33.7 Å². The van der Waals surface area contributed by atoms with Gasteiger partial charge in [-0.3, -0.25) is 4.79 Å². The molecule has 2 rings (SSSR count). The summed E-state index contributed by atoms with van der Waals surface area (Å²) in [4.78, 5) is 13.6. The third kappa shape index (κ3) is 3.53. The fourth-order valence-electron chi connectivity index (χ4n) is 1.80. The molecule has 1 amide bonds. The van der Waals surface area contributed by atoms with Crippen molar-refractivity contribution in [2.45, 2.75) is 6.42 Å². The van der Waals surface area contributed by atoms with Crippen LogP contribution in [0.1, 0.15) is 16.8 Å². The molecule has 0 aliphatic rings. The van der Waals surface area contributed by atoms with E-state index in [9.17, 15) is 4.79 Å². The molecule has 0 unspecified atom stereocenters.